The average Bonchev–Trinajstić information content (AvgIpc) is 2.78. The predicted octanol–water partition coefficient (Wildman–Crippen LogP) is 4.49. The Labute approximate surface area is 197 Å². The number of carbonyl (C=O) groups excluding carboxylic acids is 2. The monoisotopic (exact) mass is 462 g/mol. The standard InChI is InChI=1S/C25H26N4O5/c1-25(2,3)34-24(31)28(20-10-6-18(7-11-20)19-12-14-27-15-13-19)22(23(26)30)16-17-4-8-21(9-5-17)29(32)33/h4-15,22H,16H2,1-3H3,(H2,26,30)/t22-/m1/s1. The molecular formula is C25H26N4O5. The number of pyridine rings is 1. The summed E-state index contributed by atoms with van der Waals surface area (Å²) < 4.78 is 5.57. The van der Waals surface area contributed by atoms with Gasteiger partial charge in [-0.25, -0.2) is 4.79 Å². The maximum absolute atomic E-state index is 13.2. The summed E-state index contributed by atoms with van der Waals surface area (Å²) in [5, 5.41) is 10.9. The van der Waals surface area contributed by atoms with Crippen molar-refractivity contribution in [2.24, 2.45) is 5.73 Å². The van der Waals surface area contributed by atoms with Crippen molar-refractivity contribution in [1.29, 1.82) is 0 Å². The number of ether oxygens (including phenoxy) is 1. The fourth-order valence-corrected chi connectivity index (χ4v) is 3.38. The van der Waals surface area contributed by atoms with E-state index in [2.05, 4.69) is 4.98 Å². The number of hydrogen-bond donors (Lipinski definition) is 1. The Kier molecular flexibility index (Phi) is 7.25. The highest BCUT2D eigenvalue weighted by atomic mass is 16.6. The molecule has 9 nitrogen and oxygen atoms in total. The van der Waals surface area contributed by atoms with E-state index in [0.29, 0.717) is 11.3 Å². The summed E-state index contributed by atoms with van der Waals surface area (Å²) in [4.78, 5) is 41.4. The van der Waals surface area contributed by atoms with Crippen LogP contribution in [0.25, 0.3) is 11.1 Å². The van der Waals surface area contributed by atoms with E-state index in [0.717, 1.165) is 11.1 Å². The quantitative estimate of drug-likeness (QED) is 0.407. The maximum atomic E-state index is 13.2. The van der Waals surface area contributed by atoms with Crippen LogP contribution in [0.15, 0.2) is 73.1 Å². The van der Waals surface area contributed by atoms with Gasteiger partial charge in [0.2, 0.25) is 5.91 Å². The summed E-state index contributed by atoms with van der Waals surface area (Å²) >= 11 is 0. The Morgan fingerprint density at radius 1 is 1.00 bits per heavy atom. The highest BCUT2D eigenvalue weighted by Crippen LogP contribution is 2.27. The highest BCUT2D eigenvalue weighted by Gasteiger charge is 2.33. The number of nitrogens with zero attached hydrogens (tertiary/aromatic N) is 3. The molecule has 0 aliphatic heterocycles. The van der Waals surface area contributed by atoms with Gasteiger partial charge in [-0.2, -0.15) is 0 Å². The third kappa shape index (κ3) is 6.16. The average molecular weight is 463 g/mol. The van der Waals surface area contributed by atoms with Crippen LogP contribution < -0.4 is 10.6 Å². The molecule has 0 spiro atoms. The zero-order valence-corrected chi connectivity index (χ0v) is 19.2. The van der Waals surface area contributed by atoms with Crippen molar-refractivity contribution in [2.75, 3.05) is 4.90 Å². The van der Waals surface area contributed by atoms with Gasteiger partial charge < -0.3 is 10.5 Å². The molecule has 1 heterocycles. The van der Waals surface area contributed by atoms with Gasteiger partial charge in [0.05, 0.1) is 4.92 Å². The van der Waals surface area contributed by atoms with Crippen LogP contribution in [-0.2, 0) is 16.0 Å². The minimum atomic E-state index is -1.08. The van der Waals surface area contributed by atoms with Crippen LogP contribution in [0.1, 0.15) is 26.3 Å². The second kappa shape index (κ2) is 10.1. The Balaban J connectivity index is 1.98. The van der Waals surface area contributed by atoms with Gasteiger partial charge in [0.15, 0.2) is 0 Å². The van der Waals surface area contributed by atoms with Gasteiger partial charge in [-0.3, -0.25) is 24.8 Å². The number of carbonyl (C=O) groups is 2. The van der Waals surface area contributed by atoms with Gasteiger partial charge in [-0.1, -0.05) is 24.3 Å². The molecule has 0 saturated carbocycles. The lowest BCUT2D eigenvalue weighted by Crippen LogP contribution is -2.51. The van der Waals surface area contributed by atoms with Crippen molar-refractivity contribution in [3.8, 4) is 11.1 Å². The van der Waals surface area contributed by atoms with Gasteiger partial charge in [-0.05, 0) is 61.7 Å². The predicted molar refractivity (Wildman–Crippen MR) is 128 cm³/mol. The summed E-state index contributed by atoms with van der Waals surface area (Å²) in [5.74, 6) is -0.734. The third-order valence-corrected chi connectivity index (χ3v) is 4.97. The second-order valence-electron chi connectivity index (χ2n) is 8.68. The number of primary amides is 1. The fraction of sp³-hybridized carbons (Fsp3) is 0.240. The van der Waals surface area contributed by atoms with Crippen LogP contribution >= 0.6 is 0 Å². The molecular weight excluding hydrogens is 436 g/mol. The molecule has 0 aliphatic rings. The van der Waals surface area contributed by atoms with Crippen LogP contribution in [0.4, 0.5) is 16.2 Å². The Bertz CT molecular complexity index is 1160. The topological polar surface area (TPSA) is 129 Å². The largest absolute Gasteiger partial charge is 0.443 e. The van der Waals surface area contributed by atoms with Crippen LogP contribution in [-0.4, -0.2) is 33.6 Å². The Morgan fingerprint density at radius 3 is 2.06 bits per heavy atom. The number of nitro benzene ring substituents is 1. The molecule has 2 N–H and O–H groups in total. The van der Waals surface area contributed by atoms with E-state index in [9.17, 15) is 19.7 Å². The number of anilines is 1. The smallest absolute Gasteiger partial charge is 0.415 e. The molecule has 1 atom stereocenters. The van der Waals surface area contributed by atoms with Crippen molar-refractivity contribution >= 4 is 23.4 Å². The van der Waals surface area contributed by atoms with Crippen molar-refractivity contribution in [3.05, 3.63) is 88.7 Å². The molecule has 0 saturated heterocycles. The molecule has 9 heteroatoms. The molecule has 0 fully saturated rings. The van der Waals surface area contributed by atoms with E-state index < -0.39 is 28.6 Å². The van der Waals surface area contributed by atoms with Crippen LogP contribution in [0, 0.1) is 10.1 Å². The first-order valence-electron chi connectivity index (χ1n) is 10.6. The molecule has 1 aromatic heterocycles. The molecule has 0 unspecified atom stereocenters. The van der Waals surface area contributed by atoms with Gasteiger partial charge in [0.25, 0.3) is 5.69 Å². The first-order valence-corrected chi connectivity index (χ1v) is 10.6. The lowest BCUT2D eigenvalue weighted by molar-refractivity contribution is -0.384. The zero-order valence-electron chi connectivity index (χ0n) is 19.2. The number of non-ortho nitro benzene ring substituents is 1. The second-order valence-corrected chi connectivity index (χ2v) is 8.68. The summed E-state index contributed by atoms with van der Waals surface area (Å²) in [6, 6.07) is 15.5. The van der Waals surface area contributed by atoms with Crippen LogP contribution in [0.2, 0.25) is 0 Å². The first kappa shape index (κ1) is 24.4. The summed E-state index contributed by atoms with van der Waals surface area (Å²) in [6.07, 6.45) is 2.70. The number of hydrogen-bond acceptors (Lipinski definition) is 6. The van der Waals surface area contributed by atoms with Crippen molar-refractivity contribution in [2.45, 2.75) is 38.8 Å². The van der Waals surface area contributed by atoms with E-state index in [1.807, 2.05) is 24.3 Å². The van der Waals surface area contributed by atoms with E-state index in [4.69, 9.17) is 10.5 Å². The summed E-state index contributed by atoms with van der Waals surface area (Å²) in [6.45, 7) is 5.18. The van der Waals surface area contributed by atoms with Gasteiger partial charge >= 0.3 is 6.09 Å². The summed E-state index contributed by atoms with van der Waals surface area (Å²) in [7, 11) is 0. The number of amides is 2. The number of benzene rings is 2. The van der Waals surface area contributed by atoms with Crippen molar-refractivity contribution in [1.82, 2.24) is 4.98 Å². The minimum Gasteiger partial charge on any atom is -0.443 e. The van der Waals surface area contributed by atoms with Crippen LogP contribution in [0.3, 0.4) is 0 Å². The molecule has 0 radical (unpaired) electrons. The molecule has 0 aliphatic carbocycles. The molecule has 2 amide bonds. The van der Waals surface area contributed by atoms with E-state index in [1.165, 1.54) is 29.2 Å². The summed E-state index contributed by atoms with van der Waals surface area (Å²) in [5.41, 5.74) is 7.73. The molecule has 0 bridgehead atoms. The van der Waals surface area contributed by atoms with E-state index in [-0.39, 0.29) is 12.1 Å². The number of nitro groups is 1. The maximum Gasteiger partial charge on any atom is 0.415 e. The van der Waals surface area contributed by atoms with E-state index in [1.54, 1.807) is 45.3 Å². The van der Waals surface area contributed by atoms with E-state index >= 15 is 0 Å². The SMILES string of the molecule is CC(C)(C)OC(=O)N(c1ccc(-c2ccncc2)cc1)[C@H](Cc1ccc([N+](=O)[O-])cc1)C(N)=O. The first-order chi connectivity index (χ1) is 16.0. The minimum absolute atomic E-state index is 0.0542. The number of nitrogens with two attached hydrogens (primary N) is 1. The Morgan fingerprint density at radius 2 is 1.56 bits per heavy atom. The van der Waals surface area contributed by atoms with Gasteiger partial charge in [-0.15, -0.1) is 0 Å². The normalized spacial score (nSPS) is 12.0. The molecule has 3 rings (SSSR count). The lowest BCUT2D eigenvalue weighted by Gasteiger charge is -2.32. The lowest BCUT2D eigenvalue weighted by atomic mass is 10.0. The highest BCUT2D eigenvalue weighted by molar-refractivity contribution is 5.97. The van der Waals surface area contributed by atoms with Crippen LogP contribution in [0.5, 0.6) is 0 Å². The third-order valence-electron chi connectivity index (χ3n) is 4.97. The molecule has 34 heavy (non-hydrogen) atoms. The number of aromatic nitrogens is 1. The van der Waals surface area contributed by atoms with Gasteiger partial charge in [0, 0.05) is 36.6 Å². The number of rotatable bonds is 7. The molecule has 176 valence electrons. The molecule has 3 aromatic rings. The van der Waals surface area contributed by atoms with Crippen molar-refractivity contribution in [3.63, 3.8) is 0 Å². The molecule has 2 aromatic carbocycles. The van der Waals surface area contributed by atoms with Gasteiger partial charge in [0.1, 0.15) is 11.6 Å². The zero-order chi connectivity index (χ0) is 24.9. The Hall–Kier alpha value is -4.27. The van der Waals surface area contributed by atoms with Crippen molar-refractivity contribution < 1.29 is 19.2 Å². The fourth-order valence-electron chi connectivity index (χ4n) is 3.38.